The third-order valence-electron chi connectivity index (χ3n) is 4.43. The van der Waals surface area contributed by atoms with Crippen LogP contribution in [-0.2, 0) is 9.09 Å². The molecule has 0 saturated heterocycles. The molecule has 0 aliphatic heterocycles. The number of benzene rings is 1. The average molecular weight is 402 g/mol. The van der Waals surface area contributed by atoms with Gasteiger partial charge >= 0.3 is 13.9 Å². The third kappa shape index (κ3) is 4.21. The maximum Gasteiger partial charge on any atom is 0.367 e. The van der Waals surface area contributed by atoms with Crippen LogP contribution in [0.4, 0.5) is 4.39 Å². The molecule has 10 heteroatoms. The van der Waals surface area contributed by atoms with E-state index >= 15 is 4.39 Å². The summed E-state index contributed by atoms with van der Waals surface area (Å²) in [6, 6.07) is 7.50. The van der Waals surface area contributed by atoms with Gasteiger partial charge in [0, 0.05) is 22.3 Å². The number of hydrogen-bond acceptors (Lipinski definition) is 6. The van der Waals surface area contributed by atoms with Crippen molar-refractivity contribution in [1.82, 2.24) is 9.55 Å². The number of nitrogens with one attached hydrogen (secondary N) is 1. The van der Waals surface area contributed by atoms with Crippen molar-refractivity contribution in [2.45, 2.75) is 31.1 Å². The van der Waals surface area contributed by atoms with Gasteiger partial charge in [-0.25, -0.2) is 13.8 Å². The highest BCUT2D eigenvalue weighted by molar-refractivity contribution is 7.33. The zero-order valence-corrected chi connectivity index (χ0v) is 15.0. The van der Waals surface area contributed by atoms with E-state index in [1.165, 1.54) is 0 Å². The number of aliphatic hydroxyl groups is 1. The Morgan fingerprint density at radius 3 is 2.81 bits per heavy atom. The molecule has 5 atom stereocenters. The maximum atomic E-state index is 15.7. The molecule has 2 N–H and O–H groups in total. The Labute approximate surface area is 158 Å². The topological polar surface area (TPSA) is 111 Å². The molecule has 1 aliphatic rings. The van der Waals surface area contributed by atoms with Crippen LogP contribution < -0.4 is 15.8 Å². The Hall–Kier alpha value is -2.22. The smallest absolute Gasteiger partial charge is 0.367 e. The summed E-state index contributed by atoms with van der Waals surface area (Å²) in [4.78, 5) is 25.3. The van der Waals surface area contributed by atoms with Crippen LogP contribution in [0.3, 0.4) is 0 Å². The summed E-state index contributed by atoms with van der Waals surface area (Å²) in [6.45, 7) is -3.74. The lowest BCUT2D eigenvalue weighted by Crippen LogP contribution is -2.42. The molecule has 0 amide bonds. The fourth-order valence-corrected chi connectivity index (χ4v) is 3.80. The number of rotatable bonds is 6. The Bertz CT molecular complexity index is 1030. The molecule has 1 heterocycles. The molecule has 0 bridgehead atoms. The molecule has 8 nitrogen and oxygen atoms in total. The minimum absolute atomic E-state index is 0.286. The van der Waals surface area contributed by atoms with Gasteiger partial charge in [-0.15, -0.1) is 0 Å². The van der Waals surface area contributed by atoms with Crippen molar-refractivity contribution in [3.05, 3.63) is 63.4 Å². The molecule has 0 spiro atoms. The summed E-state index contributed by atoms with van der Waals surface area (Å²) >= 11 is 0. The van der Waals surface area contributed by atoms with Crippen LogP contribution >= 0.6 is 8.25 Å². The number of aliphatic hydroxyl groups excluding tert-OH is 1. The fourth-order valence-electron chi connectivity index (χ4n) is 3.06. The highest BCUT2D eigenvalue weighted by atomic mass is 31.1. The van der Waals surface area contributed by atoms with E-state index in [0.29, 0.717) is 0 Å². The molecule has 27 heavy (non-hydrogen) atoms. The third-order valence-corrected chi connectivity index (χ3v) is 5.24. The predicted octanol–water partition coefficient (Wildman–Crippen LogP) is 1.67. The first kappa shape index (κ1) is 15.8. The molecule has 1 aromatic carbocycles. The molecular formula is C17H20FN2O6P. The van der Waals surface area contributed by atoms with E-state index < -0.39 is 56.7 Å². The second-order valence-electron chi connectivity index (χ2n) is 6.22. The highest BCUT2D eigenvalue weighted by Crippen LogP contribution is 2.46. The van der Waals surface area contributed by atoms with Crippen molar-refractivity contribution < 1.29 is 27.2 Å². The minimum atomic E-state index is -3.28. The summed E-state index contributed by atoms with van der Waals surface area (Å²) < 4.78 is 61.5. The fraction of sp³-hybridized carbons (Fsp3) is 0.412. The van der Waals surface area contributed by atoms with Crippen LogP contribution in [-0.4, -0.2) is 33.0 Å². The van der Waals surface area contributed by atoms with Gasteiger partial charge < -0.3 is 14.2 Å². The molecule has 1 aliphatic carbocycles. The lowest BCUT2D eigenvalue weighted by molar-refractivity contribution is -0.0188. The van der Waals surface area contributed by atoms with Gasteiger partial charge in [0.2, 0.25) is 0 Å². The molecule has 1 unspecified atom stereocenters. The van der Waals surface area contributed by atoms with Crippen LogP contribution in [0.1, 0.15) is 23.4 Å². The first-order chi connectivity index (χ1) is 14.0. The quantitative estimate of drug-likeness (QED) is 0.562. The largest absolute Gasteiger partial charge is 0.426 e. The second kappa shape index (κ2) is 7.80. The van der Waals surface area contributed by atoms with Crippen LogP contribution in [0.25, 0.3) is 0 Å². The summed E-state index contributed by atoms with van der Waals surface area (Å²) in [7, 11) is -3.06. The van der Waals surface area contributed by atoms with Gasteiger partial charge in [0.1, 0.15) is 5.75 Å². The lowest BCUT2D eigenvalue weighted by Gasteiger charge is -2.27. The van der Waals surface area contributed by atoms with Crippen LogP contribution in [0, 0.1) is 5.92 Å². The number of nitrogens with zero attached hydrogens (tertiary/aromatic N) is 1. The Balaban J connectivity index is 1.81. The van der Waals surface area contributed by atoms with E-state index in [0.717, 1.165) is 16.8 Å². The number of hydrogen-bond donors (Lipinski definition) is 2. The average Bonchev–Trinajstić information content (AvgIpc) is 2.93. The van der Waals surface area contributed by atoms with Crippen molar-refractivity contribution in [1.29, 1.82) is 0 Å². The zero-order valence-electron chi connectivity index (χ0n) is 17.0. The van der Waals surface area contributed by atoms with E-state index in [1.54, 1.807) is 30.3 Å². The van der Waals surface area contributed by atoms with E-state index in [1.807, 2.05) is 4.98 Å². The number of aromatic amines is 1. The Morgan fingerprint density at radius 2 is 2.15 bits per heavy atom. The van der Waals surface area contributed by atoms with Crippen molar-refractivity contribution in [2.75, 3.05) is 6.61 Å². The number of para-hydroxylation sites is 1. The molecule has 1 saturated carbocycles. The van der Waals surface area contributed by atoms with Crippen LogP contribution in [0.2, 0.25) is 0 Å². The molecule has 146 valence electrons. The molecule has 3 rings (SSSR count). The second-order valence-corrected chi connectivity index (χ2v) is 7.21. The Morgan fingerprint density at radius 1 is 1.41 bits per heavy atom. The minimum Gasteiger partial charge on any atom is -0.426 e. The van der Waals surface area contributed by atoms with Gasteiger partial charge in [-0.2, -0.15) is 0 Å². The van der Waals surface area contributed by atoms with Crippen LogP contribution in [0.5, 0.6) is 5.75 Å². The van der Waals surface area contributed by atoms with Gasteiger partial charge in [0.25, 0.3) is 5.56 Å². The molecule has 2 aromatic rings. The lowest BCUT2D eigenvalue weighted by atomic mass is 10.0. The van der Waals surface area contributed by atoms with E-state index in [2.05, 4.69) is 0 Å². The number of aromatic nitrogens is 2. The van der Waals surface area contributed by atoms with Gasteiger partial charge in [-0.3, -0.25) is 14.3 Å². The van der Waals surface area contributed by atoms with Crippen molar-refractivity contribution in [3.63, 3.8) is 0 Å². The molecule has 1 aromatic heterocycles. The van der Waals surface area contributed by atoms with Gasteiger partial charge in [-0.1, -0.05) is 18.2 Å². The maximum absolute atomic E-state index is 15.7. The van der Waals surface area contributed by atoms with Crippen LogP contribution in [0.15, 0.2) is 52.2 Å². The zero-order chi connectivity index (χ0) is 22.1. The number of alkyl halides is 1. The number of H-pyrrole nitrogens is 1. The van der Waals surface area contributed by atoms with E-state index in [4.69, 9.17) is 13.2 Å². The summed E-state index contributed by atoms with van der Waals surface area (Å²) in [5.41, 5.74) is -4.93. The Kier molecular flexibility index (Phi) is 4.56. The monoisotopic (exact) mass is 402 g/mol. The molecule has 1 fully saturated rings. The van der Waals surface area contributed by atoms with E-state index in [-0.39, 0.29) is 12.2 Å². The van der Waals surface area contributed by atoms with Gasteiger partial charge in [0.05, 0.1) is 18.8 Å². The molecule has 0 radical (unpaired) electrons. The van der Waals surface area contributed by atoms with Crippen molar-refractivity contribution in [2.24, 2.45) is 5.92 Å². The van der Waals surface area contributed by atoms with Crippen molar-refractivity contribution >= 4 is 8.25 Å². The summed E-state index contributed by atoms with van der Waals surface area (Å²) in [5.74, 6) is -0.805. The predicted molar refractivity (Wildman–Crippen MR) is 96.0 cm³/mol. The van der Waals surface area contributed by atoms with Crippen molar-refractivity contribution in [3.8, 4) is 5.75 Å². The highest BCUT2D eigenvalue weighted by Gasteiger charge is 2.53. The standard InChI is InChI=1S/C17H20FN2O6P/c1-17(18)13(20-8-7-14(21)19-16(20)23)9-11(15(17)22)10-25-27(24)26-12-5-3-2-4-6-12/h2-8,11,13,15,22,27H,9-10H2,1H3,(H,19,21,23)/t11-,13-,15-,17+/m1/s1/i1+1D3. The molecular weight excluding hydrogens is 379 g/mol. The summed E-state index contributed by atoms with van der Waals surface area (Å²) in [5, 5.41) is 10.5. The van der Waals surface area contributed by atoms with Gasteiger partial charge in [-0.05, 0) is 25.4 Å². The summed E-state index contributed by atoms with van der Waals surface area (Å²) in [6.07, 6.45) is -1.37. The number of halogens is 1. The first-order valence-electron chi connectivity index (χ1n) is 9.62. The SMILES string of the molecule is [2H][13C]([2H])([2H])[C@@]1(F)[C@H](O)[C@@H](CO[PH](=O)Oc2ccccc2)C[C@H]1n1ccc(=O)[nH]c1=O. The van der Waals surface area contributed by atoms with Gasteiger partial charge in [0.15, 0.2) is 5.67 Å². The van der Waals surface area contributed by atoms with E-state index in [9.17, 15) is 19.3 Å². The first-order valence-corrected chi connectivity index (χ1v) is 9.34. The normalized spacial score (nSPS) is 30.9.